The molecule has 3 aliphatic rings. The Balaban J connectivity index is 1.38. The molecule has 0 saturated heterocycles. The van der Waals surface area contributed by atoms with E-state index in [0.717, 1.165) is 42.0 Å². The molecule has 4 rings (SSSR count). The molecule has 0 unspecified atom stereocenters. The Bertz CT molecular complexity index is 486. The lowest BCUT2D eigenvalue weighted by atomic mass is 9.79. The molecule has 108 valence electrons. The van der Waals surface area contributed by atoms with Crippen molar-refractivity contribution in [2.45, 2.75) is 44.7 Å². The Hall–Kier alpha value is -1.02. The number of hydrogen-bond donors (Lipinski definition) is 1. The smallest absolute Gasteiger partial charge is 0.119 e. The van der Waals surface area contributed by atoms with Gasteiger partial charge in [-0.1, -0.05) is 18.6 Å². The summed E-state index contributed by atoms with van der Waals surface area (Å²) in [6.45, 7) is 0.989. The Morgan fingerprint density at radius 2 is 2.05 bits per heavy atom. The fraction of sp³-hybridized carbons (Fsp3) is 0.667. The second-order valence-corrected chi connectivity index (χ2v) is 6.99. The molecule has 5 atom stereocenters. The predicted molar refractivity (Wildman–Crippen MR) is 80.7 cm³/mol. The predicted octanol–water partition coefficient (Wildman–Crippen LogP) is 3.61. The second kappa shape index (κ2) is 5.07. The quantitative estimate of drug-likeness (QED) is 0.903. The summed E-state index contributed by atoms with van der Waals surface area (Å²) in [5.74, 6) is 5.12. The van der Waals surface area contributed by atoms with Gasteiger partial charge in [-0.05, 0) is 67.1 Å². The summed E-state index contributed by atoms with van der Waals surface area (Å²) in [5.41, 5.74) is 1.34. The molecule has 0 heterocycles. The summed E-state index contributed by atoms with van der Waals surface area (Å²) in [6, 6.07) is 9.22. The number of methoxy groups -OCH3 is 1. The van der Waals surface area contributed by atoms with Crippen LogP contribution in [0, 0.1) is 23.7 Å². The monoisotopic (exact) mass is 271 g/mol. The van der Waals surface area contributed by atoms with Gasteiger partial charge >= 0.3 is 0 Å². The van der Waals surface area contributed by atoms with Crippen LogP contribution in [0.3, 0.4) is 0 Å². The van der Waals surface area contributed by atoms with Crippen molar-refractivity contribution in [2.75, 3.05) is 7.11 Å². The third-order valence-corrected chi connectivity index (χ3v) is 6.13. The summed E-state index contributed by atoms with van der Waals surface area (Å²) < 4.78 is 5.31. The van der Waals surface area contributed by atoms with Crippen LogP contribution in [0.5, 0.6) is 5.75 Å². The van der Waals surface area contributed by atoms with Gasteiger partial charge in [-0.15, -0.1) is 0 Å². The molecular formula is C18H25NO. The normalized spacial score (nSPS) is 38.1. The molecule has 3 fully saturated rings. The zero-order chi connectivity index (χ0) is 13.5. The first kappa shape index (κ1) is 12.7. The third-order valence-electron chi connectivity index (χ3n) is 6.13. The number of ether oxygens (including phenoxy) is 1. The largest absolute Gasteiger partial charge is 0.497 e. The van der Waals surface area contributed by atoms with Crippen LogP contribution in [0.4, 0.5) is 0 Å². The Kier molecular flexibility index (Phi) is 3.22. The van der Waals surface area contributed by atoms with Crippen molar-refractivity contribution in [1.29, 1.82) is 0 Å². The van der Waals surface area contributed by atoms with Crippen LogP contribution in [0.25, 0.3) is 0 Å². The van der Waals surface area contributed by atoms with Crippen molar-refractivity contribution in [3.8, 4) is 5.75 Å². The summed E-state index contributed by atoms with van der Waals surface area (Å²) >= 11 is 0. The van der Waals surface area contributed by atoms with E-state index in [1.165, 1.54) is 37.7 Å². The maximum atomic E-state index is 5.31. The van der Waals surface area contributed by atoms with Gasteiger partial charge in [-0.2, -0.15) is 0 Å². The average molecular weight is 271 g/mol. The Morgan fingerprint density at radius 1 is 1.15 bits per heavy atom. The highest BCUT2D eigenvalue weighted by Gasteiger charge is 2.53. The molecule has 0 aromatic heterocycles. The summed E-state index contributed by atoms with van der Waals surface area (Å²) in [7, 11) is 1.74. The topological polar surface area (TPSA) is 21.3 Å². The van der Waals surface area contributed by atoms with E-state index in [4.69, 9.17) is 4.74 Å². The maximum absolute atomic E-state index is 5.31. The van der Waals surface area contributed by atoms with Gasteiger partial charge in [0.25, 0.3) is 0 Å². The van der Waals surface area contributed by atoms with Gasteiger partial charge in [-0.25, -0.2) is 0 Å². The highest BCUT2D eigenvalue weighted by molar-refractivity contribution is 5.28. The molecular weight excluding hydrogens is 246 g/mol. The molecule has 2 bridgehead atoms. The average Bonchev–Trinajstić information content (AvgIpc) is 3.17. The second-order valence-electron chi connectivity index (χ2n) is 6.99. The fourth-order valence-corrected chi connectivity index (χ4v) is 5.33. The van der Waals surface area contributed by atoms with Crippen LogP contribution < -0.4 is 10.1 Å². The number of benzene rings is 1. The zero-order valence-electron chi connectivity index (χ0n) is 12.3. The van der Waals surface area contributed by atoms with Crippen LogP contribution >= 0.6 is 0 Å². The lowest BCUT2D eigenvalue weighted by molar-refractivity contribution is 0.208. The molecule has 0 radical (unpaired) electrons. The van der Waals surface area contributed by atoms with Crippen molar-refractivity contribution in [3.63, 3.8) is 0 Å². The lowest BCUT2D eigenvalue weighted by Crippen LogP contribution is -2.38. The lowest BCUT2D eigenvalue weighted by Gasteiger charge is -2.32. The van der Waals surface area contributed by atoms with Crippen LogP contribution in [0.15, 0.2) is 24.3 Å². The van der Waals surface area contributed by atoms with E-state index < -0.39 is 0 Å². The van der Waals surface area contributed by atoms with E-state index in [1.54, 1.807) is 7.11 Å². The number of nitrogens with one attached hydrogen (secondary N) is 1. The molecule has 0 amide bonds. The minimum absolute atomic E-state index is 0.769. The number of fused-ring (bicyclic) bond motifs is 5. The molecule has 1 aromatic rings. The van der Waals surface area contributed by atoms with Crippen molar-refractivity contribution >= 4 is 0 Å². The molecule has 20 heavy (non-hydrogen) atoms. The van der Waals surface area contributed by atoms with Crippen LogP contribution in [-0.4, -0.2) is 13.2 Å². The summed E-state index contributed by atoms with van der Waals surface area (Å²) in [6.07, 6.45) is 7.45. The zero-order valence-corrected chi connectivity index (χ0v) is 12.3. The van der Waals surface area contributed by atoms with Crippen molar-refractivity contribution in [2.24, 2.45) is 23.7 Å². The van der Waals surface area contributed by atoms with E-state index in [1.807, 2.05) is 6.07 Å². The van der Waals surface area contributed by atoms with Crippen molar-refractivity contribution < 1.29 is 4.74 Å². The Labute approximate surface area is 121 Å². The number of hydrogen-bond acceptors (Lipinski definition) is 2. The van der Waals surface area contributed by atoms with E-state index in [2.05, 4.69) is 23.5 Å². The molecule has 1 N–H and O–H groups in total. The van der Waals surface area contributed by atoms with E-state index in [9.17, 15) is 0 Å². The summed E-state index contributed by atoms with van der Waals surface area (Å²) in [4.78, 5) is 0. The first-order valence-corrected chi connectivity index (χ1v) is 8.21. The molecule has 1 aromatic carbocycles. The molecule has 3 aliphatic carbocycles. The first-order chi connectivity index (χ1) is 9.85. The Morgan fingerprint density at radius 3 is 2.95 bits per heavy atom. The maximum Gasteiger partial charge on any atom is 0.119 e. The van der Waals surface area contributed by atoms with Gasteiger partial charge in [0.1, 0.15) is 5.75 Å². The van der Waals surface area contributed by atoms with Gasteiger partial charge in [-0.3, -0.25) is 0 Å². The van der Waals surface area contributed by atoms with Crippen LogP contribution in [0.1, 0.15) is 37.7 Å². The van der Waals surface area contributed by atoms with Gasteiger partial charge in [0, 0.05) is 12.6 Å². The van der Waals surface area contributed by atoms with Crippen molar-refractivity contribution in [3.05, 3.63) is 29.8 Å². The molecule has 3 saturated carbocycles. The molecule has 0 spiro atoms. The molecule has 2 nitrogen and oxygen atoms in total. The number of rotatable bonds is 4. The highest BCUT2D eigenvalue weighted by Crippen LogP contribution is 2.58. The first-order valence-electron chi connectivity index (χ1n) is 8.21. The van der Waals surface area contributed by atoms with Crippen LogP contribution in [-0.2, 0) is 6.54 Å². The van der Waals surface area contributed by atoms with Crippen molar-refractivity contribution in [1.82, 2.24) is 5.32 Å². The summed E-state index contributed by atoms with van der Waals surface area (Å²) in [5, 5.41) is 3.84. The van der Waals surface area contributed by atoms with E-state index in [0.29, 0.717) is 0 Å². The van der Waals surface area contributed by atoms with Gasteiger partial charge in [0.05, 0.1) is 7.11 Å². The van der Waals surface area contributed by atoms with Gasteiger partial charge in [0.15, 0.2) is 0 Å². The van der Waals surface area contributed by atoms with Crippen LogP contribution in [0.2, 0.25) is 0 Å². The van der Waals surface area contributed by atoms with Gasteiger partial charge in [0.2, 0.25) is 0 Å². The fourth-order valence-electron chi connectivity index (χ4n) is 5.33. The standard InChI is InChI=1S/C18H25NO/c1-20-14-5-2-4-12(8-14)11-19-18-10-13-9-17(18)16-7-3-6-15(13)16/h2,4-5,8,13,15-19H,3,6-7,9-11H2,1H3/t13-,15-,16-,17-,18+/m0/s1. The highest BCUT2D eigenvalue weighted by atomic mass is 16.5. The van der Waals surface area contributed by atoms with E-state index in [-0.39, 0.29) is 0 Å². The minimum atomic E-state index is 0.769. The molecule has 2 heteroatoms. The van der Waals surface area contributed by atoms with E-state index >= 15 is 0 Å². The third kappa shape index (κ3) is 2.05. The minimum Gasteiger partial charge on any atom is -0.497 e. The molecule has 0 aliphatic heterocycles. The van der Waals surface area contributed by atoms with Gasteiger partial charge < -0.3 is 10.1 Å². The SMILES string of the molecule is COc1cccc(CN[C@@H]2C[C@@H]3C[C@H]2[C@H]2CCC[C@@H]32)c1.